The Bertz CT molecular complexity index is 252. The van der Waals surface area contributed by atoms with Crippen LogP contribution in [0.2, 0.25) is 0 Å². The number of carbonyl (C=O) groups excluding carboxylic acids is 1. The van der Waals surface area contributed by atoms with Gasteiger partial charge in [0, 0.05) is 19.1 Å². The van der Waals surface area contributed by atoms with Gasteiger partial charge in [-0.3, -0.25) is 9.69 Å². The van der Waals surface area contributed by atoms with Gasteiger partial charge in [0.2, 0.25) is 0 Å². The molecule has 4 heteroatoms. The monoisotopic (exact) mass is 182 g/mol. The molecule has 3 heterocycles. The van der Waals surface area contributed by atoms with Gasteiger partial charge in [0.15, 0.2) is 6.10 Å². The van der Waals surface area contributed by atoms with E-state index in [9.17, 15) is 4.79 Å². The van der Waals surface area contributed by atoms with Crippen molar-refractivity contribution in [2.75, 3.05) is 26.7 Å². The smallest absolute Gasteiger partial charge is 0.254 e. The second kappa shape index (κ2) is 2.45. The Labute approximate surface area is 77.4 Å². The Morgan fingerprint density at radius 3 is 2.85 bits per heavy atom. The molecule has 0 saturated carbocycles. The van der Waals surface area contributed by atoms with Crippen molar-refractivity contribution in [3.8, 4) is 0 Å². The number of hydrogen-bond acceptors (Lipinski definition) is 3. The summed E-state index contributed by atoms with van der Waals surface area (Å²) in [4.78, 5) is 16.0. The lowest BCUT2D eigenvalue weighted by Crippen LogP contribution is -2.63. The molecule has 3 unspecified atom stereocenters. The van der Waals surface area contributed by atoms with E-state index in [0.29, 0.717) is 18.7 Å². The van der Waals surface area contributed by atoms with Crippen molar-refractivity contribution in [2.45, 2.75) is 24.6 Å². The minimum Gasteiger partial charge on any atom is -0.363 e. The van der Waals surface area contributed by atoms with Crippen LogP contribution in [-0.2, 0) is 9.53 Å². The highest BCUT2D eigenvalue weighted by molar-refractivity contribution is 5.84. The molecule has 3 aliphatic rings. The Balaban J connectivity index is 1.66. The molecule has 0 aromatic carbocycles. The maximum Gasteiger partial charge on any atom is 0.254 e. The third-order valence-electron chi connectivity index (χ3n) is 3.46. The molecule has 3 rings (SSSR count). The predicted molar refractivity (Wildman–Crippen MR) is 46.3 cm³/mol. The Hall–Kier alpha value is -0.610. The van der Waals surface area contributed by atoms with E-state index in [1.54, 1.807) is 0 Å². The number of carbonyl (C=O) groups is 1. The molecule has 0 radical (unpaired) electrons. The fraction of sp³-hybridized carbons (Fsp3) is 0.889. The van der Waals surface area contributed by atoms with Crippen molar-refractivity contribution in [2.24, 2.45) is 0 Å². The van der Waals surface area contributed by atoms with E-state index in [4.69, 9.17) is 4.74 Å². The lowest BCUT2D eigenvalue weighted by atomic mass is 9.97. The summed E-state index contributed by atoms with van der Waals surface area (Å²) < 4.78 is 5.00. The number of nitrogens with zero attached hydrogens (tertiary/aromatic N) is 2. The van der Waals surface area contributed by atoms with E-state index in [2.05, 4.69) is 11.9 Å². The molecule has 0 bridgehead atoms. The van der Waals surface area contributed by atoms with Crippen molar-refractivity contribution < 1.29 is 9.53 Å². The van der Waals surface area contributed by atoms with Crippen LogP contribution in [0.3, 0.4) is 0 Å². The highest BCUT2D eigenvalue weighted by Gasteiger charge is 2.50. The number of amides is 1. The highest BCUT2D eigenvalue weighted by Crippen LogP contribution is 2.33. The number of epoxide rings is 1. The third-order valence-corrected chi connectivity index (χ3v) is 3.46. The molecular formula is C9H14N2O2. The molecule has 13 heavy (non-hydrogen) atoms. The van der Waals surface area contributed by atoms with Crippen LogP contribution in [0.5, 0.6) is 0 Å². The van der Waals surface area contributed by atoms with Crippen LogP contribution in [0, 0.1) is 0 Å². The number of hydrogen-bond donors (Lipinski definition) is 0. The van der Waals surface area contributed by atoms with E-state index in [1.807, 2.05) is 4.90 Å². The molecular weight excluding hydrogens is 168 g/mol. The van der Waals surface area contributed by atoms with Gasteiger partial charge in [-0.15, -0.1) is 0 Å². The van der Waals surface area contributed by atoms with Gasteiger partial charge in [0.25, 0.3) is 5.91 Å². The topological polar surface area (TPSA) is 36.1 Å². The lowest BCUT2D eigenvalue weighted by Gasteiger charge is -2.46. The van der Waals surface area contributed by atoms with E-state index >= 15 is 0 Å². The van der Waals surface area contributed by atoms with Gasteiger partial charge in [-0.25, -0.2) is 0 Å². The maximum absolute atomic E-state index is 11.6. The van der Waals surface area contributed by atoms with Crippen LogP contribution in [0.1, 0.15) is 6.42 Å². The van der Waals surface area contributed by atoms with E-state index in [-0.39, 0.29) is 12.0 Å². The Morgan fingerprint density at radius 1 is 1.46 bits per heavy atom. The molecule has 0 aromatic rings. The summed E-state index contributed by atoms with van der Waals surface area (Å²) >= 11 is 0. The number of rotatable bonds is 1. The average molecular weight is 182 g/mol. The van der Waals surface area contributed by atoms with Gasteiger partial charge in [-0.1, -0.05) is 0 Å². The highest BCUT2D eigenvalue weighted by atomic mass is 16.6. The standard InChI is InChI=1S/C9H14N2O2/c1-10-3-2-6-7(10)4-11(6)9(12)8-5-13-8/h6-8H,2-5H2,1H3. The van der Waals surface area contributed by atoms with Gasteiger partial charge in [0.05, 0.1) is 12.6 Å². The Morgan fingerprint density at radius 2 is 2.23 bits per heavy atom. The second-order valence-corrected chi connectivity index (χ2v) is 4.22. The fourth-order valence-electron chi connectivity index (χ4n) is 2.44. The summed E-state index contributed by atoms with van der Waals surface area (Å²) in [7, 11) is 2.14. The predicted octanol–water partition coefficient (Wildman–Crippen LogP) is -0.700. The van der Waals surface area contributed by atoms with Crippen molar-refractivity contribution in [3.63, 3.8) is 0 Å². The van der Waals surface area contributed by atoms with Gasteiger partial charge in [-0.05, 0) is 13.5 Å². The fourth-order valence-corrected chi connectivity index (χ4v) is 2.44. The first-order chi connectivity index (χ1) is 6.27. The second-order valence-electron chi connectivity index (χ2n) is 4.22. The first kappa shape index (κ1) is 7.76. The van der Waals surface area contributed by atoms with Gasteiger partial charge in [0.1, 0.15) is 0 Å². The van der Waals surface area contributed by atoms with Crippen molar-refractivity contribution >= 4 is 5.91 Å². The van der Waals surface area contributed by atoms with Crippen LogP contribution >= 0.6 is 0 Å². The number of fused-ring (bicyclic) bond motifs is 1. The number of likely N-dealkylation sites (N-methyl/N-ethyl adjacent to an activating group) is 1. The normalized spacial score (nSPS) is 42.8. The number of likely N-dealkylation sites (tertiary alicyclic amines) is 2. The van der Waals surface area contributed by atoms with Crippen molar-refractivity contribution in [3.05, 3.63) is 0 Å². The van der Waals surface area contributed by atoms with Crippen LogP contribution in [-0.4, -0.2) is 60.6 Å². The maximum atomic E-state index is 11.6. The molecule has 0 aromatic heterocycles. The molecule has 3 fully saturated rings. The summed E-state index contributed by atoms with van der Waals surface area (Å²) in [5, 5.41) is 0. The zero-order valence-corrected chi connectivity index (χ0v) is 7.77. The largest absolute Gasteiger partial charge is 0.363 e. The van der Waals surface area contributed by atoms with Crippen LogP contribution < -0.4 is 0 Å². The van der Waals surface area contributed by atoms with Crippen molar-refractivity contribution in [1.29, 1.82) is 0 Å². The molecule has 0 aliphatic carbocycles. The number of ether oxygens (including phenoxy) is 1. The first-order valence-corrected chi connectivity index (χ1v) is 4.89. The van der Waals surface area contributed by atoms with Gasteiger partial charge >= 0.3 is 0 Å². The quantitative estimate of drug-likeness (QED) is 0.503. The summed E-state index contributed by atoms with van der Waals surface area (Å²) in [6.07, 6.45) is 1.05. The van der Waals surface area contributed by atoms with Crippen LogP contribution in [0.25, 0.3) is 0 Å². The van der Waals surface area contributed by atoms with Crippen LogP contribution in [0.15, 0.2) is 0 Å². The first-order valence-electron chi connectivity index (χ1n) is 4.89. The molecule has 3 atom stereocenters. The van der Waals surface area contributed by atoms with E-state index in [0.717, 1.165) is 19.5 Å². The van der Waals surface area contributed by atoms with E-state index in [1.165, 1.54) is 0 Å². The molecule has 72 valence electrons. The summed E-state index contributed by atoms with van der Waals surface area (Å²) in [6, 6.07) is 1.12. The zero-order chi connectivity index (χ0) is 9.00. The van der Waals surface area contributed by atoms with Crippen LogP contribution in [0.4, 0.5) is 0 Å². The molecule has 4 nitrogen and oxygen atoms in total. The summed E-state index contributed by atoms with van der Waals surface area (Å²) in [5.41, 5.74) is 0. The van der Waals surface area contributed by atoms with Gasteiger partial charge in [-0.2, -0.15) is 0 Å². The minimum atomic E-state index is -0.0909. The van der Waals surface area contributed by atoms with E-state index < -0.39 is 0 Å². The third kappa shape index (κ3) is 1.02. The zero-order valence-electron chi connectivity index (χ0n) is 7.77. The minimum absolute atomic E-state index is 0.0909. The molecule has 1 amide bonds. The SMILES string of the molecule is CN1CCC2C1CN2C(=O)C1CO1. The molecule has 3 saturated heterocycles. The molecule has 0 N–H and O–H groups in total. The van der Waals surface area contributed by atoms with Gasteiger partial charge < -0.3 is 9.64 Å². The summed E-state index contributed by atoms with van der Waals surface area (Å²) in [6.45, 7) is 2.69. The summed E-state index contributed by atoms with van der Waals surface area (Å²) in [5.74, 6) is 0.219. The Kier molecular flexibility index (Phi) is 1.46. The molecule has 0 spiro atoms. The molecule has 3 aliphatic heterocycles. The average Bonchev–Trinajstić information content (AvgIpc) is 2.81. The van der Waals surface area contributed by atoms with Crippen molar-refractivity contribution in [1.82, 2.24) is 9.80 Å². The lowest BCUT2D eigenvalue weighted by molar-refractivity contribution is -0.142.